The van der Waals surface area contributed by atoms with Gasteiger partial charge in [0.05, 0.1) is 6.10 Å². The first-order valence-corrected chi connectivity index (χ1v) is 13.8. The van der Waals surface area contributed by atoms with Crippen LogP contribution in [0.15, 0.2) is 4.99 Å². The molecule has 0 aromatic heterocycles. The Bertz CT molecular complexity index is 671. The molecule has 0 saturated heterocycles. The molecule has 0 spiro atoms. The van der Waals surface area contributed by atoms with E-state index in [0.29, 0.717) is 35.6 Å². The summed E-state index contributed by atoms with van der Waals surface area (Å²) < 4.78 is 0. The highest BCUT2D eigenvalue weighted by Crippen LogP contribution is 2.68. The molecule has 6 nitrogen and oxygen atoms in total. The van der Waals surface area contributed by atoms with Crippen LogP contribution in [0.5, 0.6) is 0 Å². The van der Waals surface area contributed by atoms with Crippen LogP contribution in [-0.4, -0.2) is 42.8 Å². The van der Waals surface area contributed by atoms with Crippen molar-refractivity contribution in [2.45, 2.75) is 105 Å². The number of hydrogen-bond acceptors (Lipinski definition) is 5. The number of amidine groups is 1. The first kappa shape index (κ1) is 29.1. The van der Waals surface area contributed by atoms with Gasteiger partial charge in [-0.05, 0) is 91.3 Å². The van der Waals surface area contributed by atoms with Crippen LogP contribution in [0.1, 0.15) is 98.8 Å². The van der Waals surface area contributed by atoms with E-state index >= 15 is 0 Å². The number of carbonyl (C=O) groups is 1. The Morgan fingerprint density at radius 1 is 1.12 bits per heavy atom. The van der Waals surface area contributed by atoms with E-state index in [1.807, 2.05) is 13.8 Å². The summed E-state index contributed by atoms with van der Waals surface area (Å²) in [5, 5.41) is 18.6. The highest BCUT2D eigenvalue weighted by Gasteiger charge is 2.62. The molecule has 34 heavy (non-hydrogen) atoms. The highest BCUT2D eigenvalue weighted by atomic mass is 16.7. The number of nitrogens with zero attached hydrogens (tertiary/aromatic N) is 1. The average molecular weight is 481 g/mol. The molecule has 4 rings (SSSR count). The topological polar surface area (TPSA) is 91.2 Å². The fraction of sp³-hybridized carbons (Fsp3) is 0.929. The van der Waals surface area contributed by atoms with Gasteiger partial charge in [-0.25, -0.2) is 5.48 Å². The third-order valence-corrected chi connectivity index (χ3v) is 10.3. The Kier molecular flexibility index (Phi) is 10.9. The van der Waals surface area contributed by atoms with E-state index in [2.05, 4.69) is 31.2 Å². The van der Waals surface area contributed by atoms with Crippen molar-refractivity contribution < 1.29 is 19.8 Å². The van der Waals surface area contributed by atoms with Gasteiger partial charge < -0.3 is 15.1 Å². The van der Waals surface area contributed by atoms with Crippen LogP contribution in [0.3, 0.4) is 0 Å². The smallest absolute Gasteiger partial charge is 0.320 e. The van der Waals surface area contributed by atoms with Crippen molar-refractivity contribution in [1.29, 1.82) is 0 Å². The zero-order valence-electron chi connectivity index (χ0n) is 22.8. The van der Waals surface area contributed by atoms with Crippen molar-refractivity contribution >= 4 is 12.3 Å². The predicted molar refractivity (Wildman–Crippen MR) is 138 cm³/mol. The second-order valence-electron chi connectivity index (χ2n) is 11.5. The molecule has 4 aliphatic rings. The fourth-order valence-electron chi connectivity index (χ4n) is 9.11. The van der Waals surface area contributed by atoms with Gasteiger partial charge in [0.15, 0.2) is 0 Å². The molecule has 8 unspecified atom stereocenters. The van der Waals surface area contributed by atoms with Crippen molar-refractivity contribution in [3.63, 3.8) is 0 Å². The Morgan fingerprint density at radius 2 is 1.82 bits per heavy atom. The molecule has 0 bridgehead atoms. The number of carbonyl (C=O) groups excluding carboxylic acids is 1. The summed E-state index contributed by atoms with van der Waals surface area (Å²) in [4.78, 5) is 19.5. The third-order valence-electron chi connectivity index (χ3n) is 10.3. The number of aliphatic hydroxyl groups is 2. The highest BCUT2D eigenvalue weighted by molar-refractivity contribution is 5.81. The van der Waals surface area contributed by atoms with E-state index in [4.69, 9.17) is 9.94 Å². The maximum Gasteiger partial charge on any atom is 0.320 e. The maximum absolute atomic E-state index is 11.6. The molecule has 6 heteroatoms. The molecular formula is C28H52N2O4. The zero-order valence-corrected chi connectivity index (χ0v) is 22.8. The first-order valence-electron chi connectivity index (χ1n) is 13.8. The van der Waals surface area contributed by atoms with Gasteiger partial charge in [-0.3, -0.25) is 9.79 Å². The molecule has 0 aromatic carbocycles. The molecule has 9 atom stereocenters. The van der Waals surface area contributed by atoms with Crippen molar-refractivity contribution in [2.75, 3.05) is 14.2 Å². The molecule has 4 aliphatic carbocycles. The number of rotatable bonds is 5. The van der Waals surface area contributed by atoms with E-state index in [9.17, 15) is 9.90 Å². The number of hydrogen-bond donors (Lipinski definition) is 3. The van der Waals surface area contributed by atoms with Crippen molar-refractivity contribution in [3.05, 3.63) is 0 Å². The van der Waals surface area contributed by atoms with Gasteiger partial charge in [0.25, 0.3) is 0 Å². The lowest BCUT2D eigenvalue weighted by Crippen LogP contribution is -2.58. The summed E-state index contributed by atoms with van der Waals surface area (Å²) in [7, 11) is 2.74. The van der Waals surface area contributed by atoms with Gasteiger partial charge in [0.1, 0.15) is 5.84 Å². The molecule has 0 amide bonds. The largest absolute Gasteiger partial charge is 0.400 e. The number of hydroxylamine groups is 1. The van der Waals surface area contributed by atoms with Gasteiger partial charge >= 0.3 is 6.47 Å². The Hall–Kier alpha value is -1.14. The standard InChI is InChI=1S/C25H42N2O3.C2H6.CH4O/c1-16(13-22(26-4)27-30-15-28)19-10-11-20-18-9-8-17-7-5-6-12-24(17,2)23(18)21(29)14-25(19,20)3;2*1-2/h15-21,23,29H,5-14H2,1-4H3,(H,26,27);1-2H3;2H,1H3/t16-,17?,18?,19?,20?,21?,23?,24?,25?;;/m1../s1. The Labute approximate surface area is 208 Å². The lowest BCUT2D eigenvalue weighted by molar-refractivity contribution is -0.171. The number of nitrogens with one attached hydrogen (secondary N) is 1. The second kappa shape index (κ2) is 12.7. The third kappa shape index (κ3) is 5.33. The normalized spacial score (nSPS) is 41.7. The number of fused-ring (bicyclic) bond motifs is 5. The van der Waals surface area contributed by atoms with E-state index in [1.165, 1.54) is 51.4 Å². The zero-order chi connectivity index (χ0) is 25.5. The first-order chi connectivity index (χ1) is 16.3. The summed E-state index contributed by atoms with van der Waals surface area (Å²) in [6, 6.07) is 0. The summed E-state index contributed by atoms with van der Waals surface area (Å²) in [6.07, 6.45) is 12.2. The van der Waals surface area contributed by atoms with Crippen LogP contribution < -0.4 is 5.48 Å². The molecule has 0 aliphatic heterocycles. The van der Waals surface area contributed by atoms with Gasteiger partial charge in [0, 0.05) is 20.6 Å². The maximum atomic E-state index is 11.6. The van der Waals surface area contributed by atoms with E-state index < -0.39 is 0 Å². The summed E-state index contributed by atoms with van der Waals surface area (Å²) in [6.45, 7) is 11.7. The molecule has 198 valence electrons. The summed E-state index contributed by atoms with van der Waals surface area (Å²) in [5.41, 5.74) is 3.23. The molecule has 4 fully saturated rings. The van der Waals surface area contributed by atoms with Crippen LogP contribution >= 0.6 is 0 Å². The lowest BCUT2D eigenvalue weighted by atomic mass is 9.43. The molecule has 0 heterocycles. The van der Waals surface area contributed by atoms with Crippen LogP contribution in [0, 0.1) is 46.3 Å². The quantitative estimate of drug-likeness (QED) is 0.213. The van der Waals surface area contributed by atoms with Crippen LogP contribution in [0.2, 0.25) is 0 Å². The fourth-order valence-corrected chi connectivity index (χ4v) is 9.11. The van der Waals surface area contributed by atoms with E-state index in [0.717, 1.165) is 37.6 Å². The van der Waals surface area contributed by atoms with Gasteiger partial charge in [-0.15, -0.1) is 0 Å². The minimum absolute atomic E-state index is 0.161. The second-order valence-corrected chi connectivity index (χ2v) is 11.5. The van der Waals surface area contributed by atoms with E-state index in [-0.39, 0.29) is 11.5 Å². The van der Waals surface area contributed by atoms with Crippen molar-refractivity contribution in [3.8, 4) is 0 Å². The van der Waals surface area contributed by atoms with Crippen molar-refractivity contribution in [1.82, 2.24) is 5.48 Å². The van der Waals surface area contributed by atoms with Crippen LogP contribution in [0.4, 0.5) is 0 Å². The van der Waals surface area contributed by atoms with Crippen molar-refractivity contribution in [2.24, 2.45) is 51.3 Å². The summed E-state index contributed by atoms with van der Waals surface area (Å²) in [5.74, 6) is 4.49. The molecule has 0 aromatic rings. The number of aliphatic imine (C=N–C) groups is 1. The van der Waals surface area contributed by atoms with Gasteiger partial charge in [-0.2, -0.15) is 0 Å². The predicted octanol–water partition coefficient (Wildman–Crippen LogP) is 5.37. The van der Waals surface area contributed by atoms with Gasteiger partial charge in [0.2, 0.25) is 0 Å². The van der Waals surface area contributed by atoms with Crippen LogP contribution in [0.25, 0.3) is 0 Å². The summed E-state index contributed by atoms with van der Waals surface area (Å²) >= 11 is 0. The molecule has 4 saturated carbocycles. The number of aliphatic hydroxyl groups excluding tert-OH is 2. The van der Waals surface area contributed by atoms with Gasteiger partial charge in [-0.1, -0.05) is 47.5 Å². The molecular weight excluding hydrogens is 428 g/mol. The average Bonchev–Trinajstić information content (AvgIpc) is 3.20. The molecule has 0 radical (unpaired) electrons. The minimum atomic E-state index is -0.161. The lowest BCUT2D eigenvalue weighted by Gasteiger charge is -2.62. The minimum Gasteiger partial charge on any atom is -0.400 e. The Balaban J connectivity index is 0.000000970. The van der Waals surface area contributed by atoms with E-state index in [1.54, 1.807) is 7.05 Å². The molecule has 3 N–H and O–H groups in total. The Morgan fingerprint density at radius 3 is 2.47 bits per heavy atom. The van der Waals surface area contributed by atoms with Crippen LogP contribution in [-0.2, 0) is 9.63 Å². The monoisotopic (exact) mass is 480 g/mol. The SMILES string of the molecule is CC.CN=C(C[C@@H](C)C1CCC2C3CCC4CCCCC4(C)C3C(O)CC21C)NOC=O.CO.